The van der Waals surface area contributed by atoms with Crippen LogP contribution in [0.4, 0.5) is 17.1 Å². The maximum Gasteiger partial charge on any atom is 0.180 e. The molecular weight excluding hydrogens is 367 g/mol. The van der Waals surface area contributed by atoms with Gasteiger partial charge in [0.2, 0.25) is 0 Å². The minimum Gasteiger partial charge on any atom is -0.452 e. The van der Waals surface area contributed by atoms with Gasteiger partial charge in [0.1, 0.15) is 6.26 Å². The van der Waals surface area contributed by atoms with E-state index >= 15 is 0 Å². The van der Waals surface area contributed by atoms with E-state index in [4.69, 9.17) is 41.2 Å². The molecule has 0 aliphatic heterocycles. The Morgan fingerprint density at radius 1 is 1.00 bits per heavy atom. The highest BCUT2D eigenvalue weighted by Gasteiger charge is 2.02. The summed E-state index contributed by atoms with van der Waals surface area (Å²) in [6.07, 6.45) is 4.47. The molecule has 0 aliphatic carbocycles. The smallest absolute Gasteiger partial charge is 0.180 e. The Morgan fingerprint density at radius 3 is 2.21 bits per heavy atom. The van der Waals surface area contributed by atoms with Gasteiger partial charge in [-0.1, -0.05) is 23.2 Å². The van der Waals surface area contributed by atoms with E-state index in [0.717, 1.165) is 11.4 Å². The molecule has 0 atom stereocenters. The van der Waals surface area contributed by atoms with Gasteiger partial charge < -0.3 is 20.8 Å². The summed E-state index contributed by atoms with van der Waals surface area (Å²) in [6, 6.07) is 12.5. The Kier molecular flexibility index (Phi) is 6.87. The Hall–Kier alpha value is -2.28. The van der Waals surface area contributed by atoms with Crippen molar-refractivity contribution < 1.29 is 4.42 Å². The van der Waals surface area contributed by atoms with E-state index in [0.29, 0.717) is 20.8 Å². The van der Waals surface area contributed by atoms with E-state index in [2.05, 4.69) is 20.0 Å². The van der Waals surface area contributed by atoms with Gasteiger partial charge in [0.15, 0.2) is 11.5 Å². The fourth-order valence-electron chi connectivity index (χ4n) is 1.61. The lowest BCUT2D eigenvalue weighted by atomic mass is 10.3. The van der Waals surface area contributed by atoms with Crippen LogP contribution in [0.1, 0.15) is 0 Å². The largest absolute Gasteiger partial charge is 0.452 e. The van der Waals surface area contributed by atoms with Gasteiger partial charge in [0, 0.05) is 17.1 Å². The van der Waals surface area contributed by atoms with E-state index in [1.165, 1.54) is 12.7 Å². The van der Waals surface area contributed by atoms with Gasteiger partial charge in [-0.05, 0) is 54.7 Å². The van der Waals surface area contributed by atoms with Gasteiger partial charge in [-0.15, -0.1) is 0 Å². The van der Waals surface area contributed by atoms with Crippen LogP contribution in [0.2, 0.25) is 10.0 Å². The summed E-state index contributed by atoms with van der Waals surface area (Å²) in [5.41, 5.74) is 7.93. The standard InChI is InChI=1S/C13H11Cl2N3S.C3H3NO/c14-11-6-5-10(7-12(11)15)18-13(19)17-9-3-1-8(16)2-4-9;1-2-5-3-4-1/h1-7H,16H2,(H2,17,18,19);1-3H. The first-order chi connectivity index (χ1) is 11.5. The van der Waals surface area contributed by atoms with Crippen LogP contribution >= 0.6 is 35.4 Å². The number of nitrogens with two attached hydrogens (primary N) is 1. The average Bonchev–Trinajstić information content (AvgIpc) is 3.13. The van der Waals surface area contributed by atoms with Gasteiger partial charge in [-0.3, -0.25) is 0 Å². The number of oxazole rings is 1. The fraction of sp³-hybridized carbons (Fsp3) is 0. The number of anilines is 3. The maximum absolute atomic E-state index is 5.93. The fourth-order valence-corrected chi connectivity index (χ4v) is 2.14. The van der Waals surface area contributed by atoms with Crippen LogP contribution in [-0.4, -0.2) is 10.1 Å². The predicted molar refractivity (Wildman–Crippen MR) is 104 cm³/mol. The van der Waals surface area contributed by atoms with Crippen molar-refractivity contribution in [2.75, 3.05) is 16.4 Å². The summed E-state index contributed by atoms with van der Waals surface area (Å²) in [5.74, 6) is 0. The molecule has 3 aromatic rings. The number of thiocarbonyl (C=S) groups is 1. The third-order valence-electron chi connectivity index (χ3n) is 2.69. The van der Waals surface area contributed by atoms with Gasteiger partial charge in [-0.2, -0.15) is 0 Å². The molecule has 0 saturated carbocycles. The molecule has 0 saturated heterocycles. The molecule has 1 aromatic heterocycles. The van der Waals surface area contributed by atoms with E-state index in [9.17, 15) is 0 Å². The highest BCUT2D eigenvalue weighted by molar-refractivity contribution is 7.80. The van der Waals surface area contributed by atoms with Crippen molar-refractivity contribution in [2.45, 2.75) is 0 Å². The zero-order chi connectivity index (χ0) is 17.4. The van der Waals surface area contributed by atoms with Crippen molar-refractivity contribution in [3.05, 3.63) is 71.4 Å². The number of nitrogens with one attached hydrogen (secondary N) is 2. The summed E-state index contributed by atoms with van der Waals surface area (Å²) in [5, 5.41) is 7.50. The second kappa shape index (κ2) is 9.12. The molecule has 0 fully saturated rings. The van der Waals surface area contributed by atoms with E-state index in [1.54, 1.807) is 36.5 Å². The van der Waals surface area contributed by atoms with Gasteiger partial charge in [-0.25, -0.2) is 4.98 Å². The molecule has 0 aliphatic rings. The Morgan fingerprint density at radius 2 is 1.67 bits per heavy atom. The third-order valence-corrected chi connectivity index (χ3v) is 3.64. The van der Waals surface area contributed by atoms with E-state index < -0.39 is 0 Å². The number of hydrogen-bond donors (Lipinski definition) is 3. The molecule has 24 heavy (non-hydrogen) atoms. The van der Waals surface area contributed by atoms with Crippen molar-refractivity contribution in [1.29, 1.82) is 0 Å². The van der Waals surface area contributed by atoms with Crippen molar-refractivity contribution in [2.24, 2.45) is 0 Å². The molecule has 0 radical (unpaired) electrons. The van der Waals surface area contributed by atoms with Crippen molar-refractivity contribution in [3.63, 3.8) is 0 Å². The zero-order valence-corrected chi connectivity index (χ0v) is 14.7. The minimum absolute atomic E-state index is 0.461. The maximum atomic E-state index is 5.93. The molecule has 5 nitrogen and oxygen atoms in total. The van der Waals surface area contributed by atoms with Crippen LogP contribution in [0.5, 0.6) is 0 Å². The molecule has 124 valence electrons. The molecule has 3 rings (SSSR count). The zero-order valence-electron chi connectivity index (χ0n) is 12.4. The van der Waals surface area contributed by atoms with Crippen LogP contribution < -0.4 is 16.4 Å². The summed E-state index contributed by atoms with van der Waals surface area (Å²) < 4.78 is 4.47. The quantitative estimate of drug-likeness (QED) is 0.426. The first-order valence-corrected chi connectivity index (χ1v) is 7.92. The van der Waals surface area contributed by atoms with Crippen molar-refractivity contribution >= 4 is 57.6 Å². The molecule has 0 unspecified atom stereocenters. The molecule has 8 heteroatoms. The first kappa shape index (κ1) is 18.1. The number of nitrogens with zero attached hydrogens (tertiary/aromatic N) is 1. The predicted octanol–water partition coefficient (Wildman–Crippen LogP) is 5.06. The van der Waals surface area contributed by atoms with Gasteiger partial charge in [0.05, 0.1) is 16.2 Å². The second-order valence-corrected chi connectivity index (χ2v) is 5.73. The van der Waals surface area contributed by atoms with Crippen LogP contribution in [0.25, 0.3) is 0 Å². The molecule has 4 N–H and O–H groups in total. The summed E-state index contributed by atoms with van der Waals surface area (Å²) in [4.78, 5) is 3.56. The van der Waals surface area contributed by atoms with Crippen molar-refractivity contribution in [1.82, 2.24) is 4.98 Å². The van der Waals surface area contributed by atoms with Gasteiger partial charge in [0.25, 0.3) is 0 Å². The molecule has 0 amide bonds. The number of halogens is 2. The van der Waals surface area contributed by atoms with E-state index in [1.807, 2.05) is 12.1 Å². The molecular formula is C16H14Cl2N4OS. The molecule has 0 bridgehead atoms. The number of benzene rings is 2. The Bertz CT molecular complexity index is 762. The van der Waals surface area contributed by atoms with Crippen LogP contribution in [0, 0.1) is 0 Å². The first-order valence-electron chi connectivity index (χ1n) is 6.75. The lowest BCUT2D eigenvalue weighted by molar-refractivity contribution is 0.558. The van der Waals surface area contributed by atoms with Gasteiger partial charge >= 0.3 is 0 Å². The minimum atomic E-state index is 0.461. The number of rotatable bonds is 2. The second-order valence-electron chi connectivity index (χ2n) is 4.51. The SMILES string of the molecule is Nc1ccc(NC(=S)Nc2ccc(Cl)c(Cl)c2)cc1.c1cocn1. The summed E-state index contributed by atoms with van der Waals surface area (Å²) >= 11 is 17.0. The van der Waals surface area contributed by atoms with E-state index in [-0.39, 0.29) is 0 Å². The van der Waals surface area contributed by atoms with Crippen molar-refractivity contribution in [3.8, 4) is 0 Å². The number of aromatic nitrogens is 1. The lowest BCUT2D eigenvalue weighted by Gasteiger charge is -2.11. The summed E-state index contributed by atoms with van der Waals surface area (Å²) in [7, 11) is 0. The molecule has 0 spiro atoms. The highest BCUT2D eigenvalue weighted by atomic mass is 35.5. The number of hydrogen-bond acceptors (Lipinski definition) is 4. The third kappa shape index (κ3) is 6.08. The van der Waals surface area contributed by atoms with Crippen LogP contribution in [0.15, 0.2) is 65.7 Å². The monoisotopic (exact) mass is 380 g/mol. The lowest BCUT2D eigenvalue weighted by Crippen LogP contribution is -2.18. The van der Waals surface area contributed by atoms with Crippen LogP contribution in [0.3, 0.4) is 0 Å². The number of nitrogen functional groups attached to an aromatic ring is 1. The molecule has 1 heterocycles. The summed E-state index contributed by atoms with van der Waals surface area (Å²) in [6.45, 7) is 0. The Balaban J connectivity index is 0.000000355. The normalized spacial score (nSPS) is 9.58. The Labute approximate surface area is 154 Å². The highest BCUT2D eigenvalue weighted by Crippen LogP contribution is 2.25. The van der Waals surface area contributed by atoms with Crippen LogP contribution in [-0.2, 0) is 0 Å². The topological polar surface area (TPSA) is 76.1 Å². The molecule has 2 aromatic carbocycles. The average molecular weight is 381 g/mol.